The lowest BCUT2D eigenvalue weighted by molar-refractivity contribution is 0.105. The molecule has 0 saturated carbocycles. The fourth-order valence-corrected chi connectivity index (χ4v) is 2.66. The lowest BCUT2D eigenvalue weighted by Gasteiger charge is -2.10. The van der Waals surface area contributed by atoms with Crippen LogP contribution in [-0.4, -0.2) is 30.7 Å². The van der Waals surface area contributed by atoms with Gasteiger partial charge >= 0.3 is 5.16 Å². The van der Waals surface area contributed by atoms with Gasteiger partial charge in [-0.3, -0.25) is 0 Å². The molecule has 0 fully saturated rings. The van der Waals surface area contributed by atoms with E-state index >= 15 is 0 Å². The quantitative estimate of drug-likeness (QED) is 0.531. The average molecular weight is 355 g/mol. The van der Waals surface area contributed by atoms with Crippen molar-refractivity contribution in [3.8, 4) is 11.3 Å². The third kappa shape index (κ3) is 4.50. The Morgan fingerprint density at radius 3 is 2.64 bits per heavy atom. The molecule has 2 aromatic heterocycles. The van der Waals surface area contributed by atoms with Gasteiger partial charge in [0.1, 0.15) is 6.26 Å². The second-order valence-electron chi connectivity index (χ2n) is 5.25. The number of rotatable bonds is 6. The minimum Gasteiger partial charge on any atom is -0.609 e. The summed E-state index contributed by atoms with van der Waals surface area (Å²) in [5, 5.41) is 0.255. The highest BCUT2D eigenvalue weighted by Gasteiger charge is 2.14. The van der Waals surface area contributed by atoms with Crippen molar-refractivity contribution < 1.29 is 9.29 Å². The molecule has 25 heavy (non-hydrogen) atoms. The molecule has 0 radical (unpaired) electrons. The molecule has 0 amide bonds. The van der Waals surface area contributed by atoms with Gasteiger partial charge in [0.25, 0.3) is 0 Å². The van der Waals surface area contributed by atoms with Crippen LogP contribution in [0.4, 0.5) is 5.95 Å². The highest BCUT2D eigenvalue weighted by atomic mass is 32.2. The first kappa shape index (κ1) is 17.3. The molecule has 1 aromatic carbocycles. The van der Waals surface area contributed by atoms with Gasteiger partial charge in [0.2, 0.25) is 5.95 Å². The van der Waals surface area contributed by atoms with E-state index in [1.165, 1.54) is 6.26 Å². The number of anilines is 1. The van der Waals surface area contributed by atoms with Gasteiger partial charge in [-0.25, -0.2) is 9.97 Å². The first-order chi connectivity index (χ1) is 12.1. The Morgan fingerprint density at radius 2 is 1.88 bits per heavy atom. The molecular weight excluding hydrogens is 338 g/mol. The van der Waals surface area contributed by atoms with Gasteiger partial charge in [-0.05, 0) is 11.6 Å². The third-order valence-electron chi connectivity index (χ3n) is 3.40. The molecule has 2 heterocycles. The number of nitrogen functional groups attached to an aromatic ring is 1. The van der Waals surface area contributed by atoms with Crippen molar-refractivity contribution in [1.82, 2.24) is 19.9 Å². The number of nitrogens with zero attached hydrogens (tertiary/aromatic N) is 4. The number of nitrogens with two attached hydrogens (primary N) is 1. The number of aromatic nitrogens is 4. The van der Waals surface area contributed by atoms with E-state index in [0.29, 0.717) is 23.6 Å². The van der Waals surface area contributed by atoms with E-state index in [0.717, 1.165) is 5.56 Å². The summed E-state index contributed by atoms with van der Waals surface area (Å²) in [6, 6.07) is 11.6. The van der Waals surface area contributed by atoms with E-state index in [1.807, 2.05) is 30.3 Å². The summed E-state index contributed by atoms with van der Waals surface area (Å²) in [6.45, 7) is 0.712. The first-order valence-electron chi connectivity index (χ1n) is 7.53. The van der Waals surface area contributed by atoms with Gasteiger partial charge in [-0.2, -0.15) is 9.97 Å². The Labute approximate surface area is 148 Å². The predicted molar refractivity (Wildman–Crippen MR) is 94.7 cm³/mol. The van der Waals surface area contributed by atoms with Gasteiger partial charge in [0.15, 0.2) is 0 Å². The molecule has 3 rings (SSSR count). The minimum atomic E-state index is -1.27. The van der Waals surface area contributed by atoms with Crippen LogP contribution in [0, 0.1) is 0 Å². The van der Waals surface area contributed by atoms with Crippen molar-refractivity contribution in [2.45, 2.75) is 18.4 Å². The first-order valence-corrected chi connectivity index (χ1v) is 9.09. The van der Waals surface area contributed by atoms with Gasteiger partial charge in [-0.15, -0.1) is 0 Å². The Kier molecular flexibility index (Phi) is 5.54. The van der Waals surface area contributed by atoms with Crippen LogP contribution in [0.3, 0.4) is 0 Å². The van der Waals surface area contributed by atoms with Crippen LogP contribution in [0.15, 0.2) is 53.9 Å². The normalized spacial score (nSPS) is 12.1. The van der Waals surface area contributed by atoms with Gasteiger partial charge < -0.3 is 15.0 Å². The molecule has 0 aliphatic heterocycles. The fourth-order valence-electron chi connectivity index (χ4n) is 2.23. The standard InChI is InChI=1S/C17H17N5O2S/c1-25(23)17-19-8-7-14(22-17)13-9-20-16(18)21-15(13)11-24-10-12-5-3-2-4-6-12/h2-9H,10-11H2,1H3,(H2,18,20,21). The van der Waals surface area contributed by atoms with E-state index in [2.05, 4.69) is 19.9 Å². The molecule has 7 nitrogen and oxygen atoms in total. The van der Waals surface area contributed by atoms with Gasteiger partial charge in [-0.1, -0.05) is 30.3 Å². The van der Waals surface area contributed by atoms with Gasteiger partial charge in [0.05, 0.1) is 24.6 Å². The smallest absolute Gasteiger partial charge is 0.342 e. The maximum atomic E-state index is 11.6. The van der Waals surface area contributed by atoms with Crippen molar-refractivity contribution in [3.05, 3.63) is 60.0 Å². The highest BCUT2D eigenvalue weighted by molar-refractivity contribution is 7.90. The summed E-state index contributed by atoms with van der Waals surface area (Å²) in [6.07, 6.45) is 4.68. The lowest BCUT2D eigenvalue weighted by atomic mass is 10.1. The molecule has 0 spiro atoms. The van der Waals surface area contributed by atoms with E-state index in [9.17, 15) is 4.55 Å². The SMILES string of the molecule is C[S+]([O-])c1nccc(-c2cnc(N)nc2COCc2ccccc2)n1. The van der Waals surface area contributed by atoms with Crippen LogP contribution < -0.4 is 5.73 Å². The van der Waals surface area contributed by atoms with Crippen LogP contribution in [0.25, 0.3) is 11.3 Å². The predicted octanol–water partition coefficient (Wildman–Crippen LogP) is 1.97. The number of ether oxygens (including phenoxy) is 1. The monoisotopic (exact) mass is 355 g/mol. The Bertz CT molecular complexity index is 845. The maximum Gasteiger partial charge on any atom is 0.342 e. The fraction of sp³-hybridized carbons (Fsp3) is 0.176. The molecule has 128 valence electrons. The summed E-state index contributed by atoms with van der Waals surface area (Å²) in [5.74, 6) is 0.162. The molecule has 0 saturated heterocycles. The van der Waals surface area contributed by atoms with E-state index < -0.39 is 11.2 Å². The summed E-state index contributed by atoms with van der Waals surface area (Å²) in [4.78, 5) is 16.6. The number of hydrogen-bond donors (Lipinski definition) is 1. The van der Waals surface area contributed by atoms with Crippen LogP contribution >= 0.6 is 0 Å². The topological polar surface area (TPSA) is 110 Å². The zero-order valence-corrected chi connectivity index (χ0v) is 14.4. The zero-order chi connectivity index (χ0) is 17.6. The minimum absolute atomic E-state index is 0.162. The third-order valence-corrected chi connectivity index (χ3v) is 4.11. The molecule has 0 aliphatic carbocycles. The largest absolute Gasteiger partial charge is 0.609 e. The van der Waals surface area contributed by atoms with E-state index in [4.69, 9.17) is 10.5 Å². The second kappa shape index (κ2) is 8.02. The molecule has 3 aromatic rings. The van der Waals surface area contributed by atoms with Crippen LogP contribution in [0.1, 0.15) is 11.3 Å². The molecule has 1 unspecified atom stereocenters. The number of benzene rings is 1. The summed E-state index contributed by atoms with van der Waals surface area (Å²) in [7, 11) is 0. The van der Waals surface area contributed by atoms with Crippen molar-refractivity contribution in [2.24, 2.45) is 0 Å². The molecular formula is C17H17N5O2S. The van der Waals surface area contributed by atoms with E-state index in [1.54, 1.807) is 18.5 Å². The molecule has 8 heteroatoms. The summed E-state index contributed by atoms with van der Waals surface area (Å²) >= 11 is -1.27. The molecule has 0 bridgehead atoms. The number of hydrogen-bond acceptors (Lipinski definition) is 7. The lowest BCUT2D eigenvalue weighted by Crippen LogP contribution is -2.07. The zero-order valence-electron chi connectivity index (χ0n) is 13.6. The van der Waals surface area contributed by atoms with E-state index in [-0.39, 0.29) is 17.7 Å². The van der Waals surface area contributed by atoms with Crippen LogP contribution in [0.2, 0.25) is 0 Å². The Balaban J connectivity index is 1.82. The Morgan fingerprint density at radius 1 is 1.08 bits per heavy atom. The maximum absolute atomic E-state index is 11.6. The van der Waals surface area contributed by atoms with Crippen molar-refractivity contribution >= 4 is 17.1 Å². The molecule has 0 aliphatic rings. The highest BCUT2D eigenvalue weighted by Crippen LogP contribution is 2.22. The molecule has 1 atom stereocenters. The van der Waals surface area contributed by atoms with Crippen LogP contribution in [-0.2, 0) is 29.1 Å². The molecule has 2 N–H and O–H groups in total. The van der Waals surface area contributed by atoms with Crippen molar-refractivity contribution in [3.63, 3.8) is 0 Å². The van der Waals surface area contributed by atoms with Crippen LogP contribution in [0.5, 0.6) is 0 Å². The van der Waals surface area contributed by atoms with Crippen molar-refractivity contribution in [1.29, 1.82) is 0 Å². The Hall–Kier alpha value is -2.55. The summed E-state index contributed by atoms with van der Waals surface area (Å²) < 4.78 is 17.4. The van der Waals surface area contributed by atoms with Gasteiger partial charge in [0, 0.05) is 29.1 Å². The summed E-state index contributed by atoms with van der Waals surface area (Å²) in [5.41, 5.74) is 8.65. The van der Waals surface area contributed by atoms with Crippen molar-refractivity contribution in [2.75, 3.05) is 12.0 Å². The second-order valence-corrected chi connectivity index (χ2v) is 6.52. The average Bonchev–Trinajstić information content (AvgIpc) is 2.63.